The van der Waals surface area contributed by atoms with Crippen LogP contribution in [-0.4, -0.2) is 55.7 Å². The molecular formula is C21H30N4O4. The summed E-state index contributed by atoms with van der Waals surface area (Å²) in [6, 6.07) is 7.66. The molecule has 0 aliphatic carbocycles. The minimum absolute atomic E-state index is 0.0324. The lowest BCUT2D eigenvalue weighted by molar-refractivity contribution is 0.0492. The molecule has 3 saturated heterocycles. The standard InChI is InChI=1S/C21H30N4O4/c1-14(16-3-2-4-17(13-16)15-5-9-28-10-6-15)22-19-23-20(26)25(21(27)24-19)18-7-11-29-12-8-18/h2-4,13-15,18-19,22H,5-12H2,1H3,(H,23,26)(H,24,27)/t14-/m0/s1. The molecular weight excluding hydrogens is 372 g/mol. The second kappa shape index (κ2) is 9.11. The summed E-state index contributed by atoms with van der Waals surface area (Å²) in [4.78, 5) is 26.4. The maximum atomic E-state index is 12.6. The molecule has 29 heavy (non-hydrogen) atoms. The third-order valence-corrected chi connectivity index (χ3v) is 6.05. The highest BCUT2D eigenvalue weighted by Gasteiger charge is 2.37. The van der Waals surface area contributed by atoms with Crippen molar-refractivity contribution in [3.05, 3.63) is 35.4 Å². The normalized spacial score (nSPS) is 23.6. The molecule has 0 spiro atoms. The summed E-state index contributed by atoms with van der Waals surface area (Å²) >= 11 is 0. The van der Waals surface area contributed by atoms with Crippen molar-refractivity contribution in [2.45, 2.75) is 56.9 Å². The van der Waals surface area contributed by atoms with Gasteiger partial charge in [0.2, 0.25) is 0 Å². The minimum Gasteiger partial charge on any atom is -0.381 e. The van der Waals surface area contributed by atoms with E-state index < -0.39 is 6.29 Å². The van der Waals surface area contributed by atoms with E-state index in [0.717, 1.165) is 31.6 Å². The summed E-state index contributed by atoms with van der Waals surface area (Å²) in [5.74, 6) is 0.526. The van der Waals surface area contributed by atoms with E-state index in [9.17, 15) is 9.59 Å². The first-order valence-corrected chi connectivity index (χ1v) is 10.5. The van der Waals surface area contributed by atoms with Gasteiger partial charge in [0.05, 0.1) is 0 Å². The van der Waals surface area contributed by atoms with Gasteiger partial charge in [-0.3, -0.25) is 5.32 Å². The van der Waals surface area contributed by atoms with Crippen LogP contribution in [0.25, 0.3) is 0 Å². The fourth-order valence-electron chi connectivity index (χ4n) is 4.33. The van der Waals surface area contributed by atoms with Gasteiger partial charge in [-0.15, -0.1) is 0 Å². The summed E-state index contributed by atoms with van der Waals surface area (Å²) in [7, 11) is 0. The van der Waals surface area contributed by atoms with Crippen LogP contribution in [0.4, 0.5) is 9.59 Å². The summed E-state index contributed by atoms with van der Waals surface area (Å²) in [5.41, 5.74) is 2.45. The molecule has 0 bridgehead atoms. The van der Waals surface area contributed by atoms with Crippen molar-refractivity contribution >= 4 is 12.1 Å². The highest BCUT2D eigenvalue weighted by molar-refractivity contribution is 5.96. The largest absolute Gasteiger partial charge is 0.381 e. The first-order valence-electron chi connectivity index (χ1n) is 10.5. The van der Waals surface area contributed by atoms with E-state index in [-0.39, 0.29) is 24.1 Å². The molecule has 3 aliphatic rings. The van der Waals surface area contributed by atoms with Gasteiger partial charge in [-0.2, -0.15) is 0 Å². The van der Waals surface area contributed by atoms with E-state index in [4.69, 9.17) is 9.47 Å². The molecule has 0 unspecified atom stereocenters. The zero-order valence-corrected chi connectivity index (χ0v) is 16.9. The summed E-state index contributed by atoms with van der Waals surface area (Å²) in [6.45, 7) is 4.80. The third kappa shape index (κ3) is 4.71. The van der Waals surface area contributed by atoms with Gasteiger partial charge in [0.1, 0.15) is 0 Å². The smallest absolute Gasteiger partial charge is 0.328 e. The molecule has 8 nitrogen and oxygen atoms in total. The van der Waals surface area contributed by atoms with Crippen molar-refractivity contribution in [1.29, 1.82) is 0 Å². The SMILES string of the molecule is C[C@H](NC1NC(=O)N(C2CCOCC2)C(=O)N1)c1cccc(C2CCOCC2)c1. The van der Waals surface area contributed by atoms with Gasteiger partial charge in [-0.25, -0.2) is 14.5 Å². The molecule has 1 aromatic rings. The van der Waals surface area contributed by atoms with Crippen LogP contribution in [0.3, 0.4) is 0 Å². The Balaban J connectivity index is 1.37. The molecule has 3 aliphatic heterocycles. The summed E-state index contributed by atoms with van der Waals surface area (Å²) < 4.78 is 10.8. The van der Waals surface area contributed by atoms with Crippen molar-refractivity contribution < 1.29 is 19.1 Å². The van der Waals surface area contributed by atoms with Crippen LogP contribution in [0.15, 0.2) is 24.3 Å². The van der Waals surface area contributed by atoms with Crippen LogP contribution in [0.5, 0.6) is 0 Å². The van der Waals surface area contributed by atoms with Crippen LogP contribution >= 0.6 is 0 Å². The minimum atomic E-state index is -0.604. The number of amides is 4. The van der Waals surface area contributed by atoms with Gasteiger partial charge in [0, 0.05) is 38.5 Å². The Kier molecular flexibility index (Phi) is 6.32. The second-order valence-corrected chi connectivity index (χ2v) is 7.99. The molecule has 0 radical (unpaired) electrons. The number of hydrogen-bond acceptors (Lipinski definition) is 5. The average Bonchev–Trinajstić information content (AvgIpc) is 2.75. The maximum absolute atomic E-state index is 12.6. The summed E-state index contributed by atoms with van der Waals surface area (Å²) in [5, 5.41) is 9.03. The van der Waals surface area contributed by atoms with Crippen molar-refractivity contribution in [3.8, 4) is 0 Å². The van der Waals surface area contributed by atoms with Crippen LogP contribution in [0, 0.1) is 0 Å². The van der Waals surface area contributed by atoms with Gasteiger partial charge in [0.15, 0.2) is 6.29 Å². The first kappa shape index (κ1) is 20.1. The monoisotopic (exact) mass is 402 g/mol. The topological polar surface area (TPSA) is 91.9 Å². The van der Waals surface area contributed by atoms with E-state index in [1.807, 2.05) is 6.92 Å². The maximum Gasteiger partial charge on any atom is 0.328 e. The Hall–Kier alpha value is -2.16. The van der Waals surface area contributed by atoms with E-state index in [0.29, 0.717) is 32.0 Å². The lowest BCUT2D eigenvalue weighted by Crippen LogP contribution is -2.70. The number of rotatable bonds is 5. The number of benzene rings is 1. The van der Waals surface area contributed by atoms with E-state index in [1.165, 1.54) is 10.5 Å². The zero-order chi connectivity index (χ0) is 20.2. The molecule has 8 heteroatoms. The number of urea groups is 2. The van der Waals surface area contributed by atoms with Crippen molar-refractivity contribution in [2.24, 2.45) is 0 Å². The van der Waals surface area contributed by atoms with Gasteiger partial charge in [-0.1, -0.05) is 24.3 Å². The molecule has 1 atom stereocenters. The number of nitrogens with zero attached hydrogens (tertiary/aromatic N) is 1. The number of carbonyl (C=O) groups is 2. The van der Waals surface area contributed by atoms with E-state index in [2.05, 4.69) is 40.2 Å². The van der Waals surface area contributed by atoms with Gasteiger partial charge < -0.3 is 20.1 Å². The lowest BCUT2D eigenvalue weighted by atomic mass is 9.90. The van der Waals surface area contributed by atoms with Crippen LogP contribution in [-0.2, 0) is 9.47 Å². The Morgan fingerprint density at radius 1 is 1.00 bits per heavy atom. The van der Waals surface area contributed by atoms with E-state index in [1.54, 1.807) is 0 Å². The molecule has 0 aromatic heterocycles. The molecule has 3 fully saturated rings. The predicted molar refractivity (Wildman–Crippen MR) is 107 cm³/mol. The fourth-order valence-corrected chi connectivity index (χ4v) is 4.33. The Morgan fingerprint density at radius 3 is 2.28 bits per heavy atom. The number of nitrogens with one attached hydrogen (secondary N) is 3. The van der Waals surface area contributed by atoms with Crippen LogP contribution in [0.2, 0.25) is 0 Å². The summed E-state index contributed by atoms with van der Waals surface area (Å²) in [6.07, 6.45) is 2.83. The first-order chi connectivity index (χ1) is 14.1. The average molecular weight is 402 g/mol. The number of imide groups is 1. The molecule has 3 N–H and O–H groups in total. The number of carbonyl (C=O) groups excluding carboxylic acids is 2. The quantitative estimate of drug-likeness (QED) is 0.704. The van der Waals surface area contributed by atoms with E-state index >= 15 is 0 Å². The third-order valence-electron chi connectivity index (χ3n) is 6.05. The van der Waals surface area contributed by atoms with Gasteiger partial charge in [-0.05, 0) is 49.7 Å². The molecule has 1 aromatic carbocycles. The van der Waals surface area contributed by atoms with Crippen molar-refractivity contribution in [1.82, 2.24) is 20.9 Å². The second-order valence-electron chi connectivity index (χ2n) is 7.99. The van der Waals surface area contributed by atoms with Gasteiger partial charge in [0.25, 0.3) is 0 Å². The van der Waals surface area contributed by atoms with Crippen molar-refractivity contribution in [3.63, 3.8) is 0 Å². The van der Waals surface area contributed by atoms with Crippen molar-refractivity contribution in [2.75, 3.05) is 26.4 Å². The highest BCUT2D eigenvalue weighted by atomic mass is 16.5. The Labute approximate surface area is 171 Å². The highest BCUT2D eigenvalue weighted by Crippen LogP contribution is 2.28. The number of hydrogen-bond donors (Lipinski definition) is 3. The molecule has 158 valence electrons. The lowest BCUT2D eigenvalue weighted by Gasteiger charge is -2.39. The Bertz CT molecular complexity index is 713. The molecule has 3 heterocycles. The number of ether oxygens (including phenoxy) is 2. The van der Waals surface area contributed by atoms with Gasteiger partial charge >= 0.3 is 12.1 Å². The molecule has 0 saturated carbocycles. The predicted octanol–water partition coefficient (Wildman–Crippen LogP) is 2.43. The van der Waals surface area contributed by atoms with Crippen LogP contribution in [0.1, 0.15) is 55.7 Å². The zero-order valence-electron chi connectivity index (χ0n) is 16.9. The molecule has 4 rings (SSSR count). The Morgan fingerprint density at radius 2 is 1.62 bits per heavy atom. The fraction of sp³-hybridized carbons (Fsp3) is 0.619. The van der Waals surface area contributed by atoms with Crippen LogP contribution < -0.4 is 16.0 Å². The molecule has 4 amide bonds.